The molecule has 102 valence electrons. The molecule has 0 aliphatic carbocycles. The van der Waals surface area contributed by atoms with Gasteiger partial charge in [-0.25, -0.2) is 0 Å². The summed E-state index contributed by atoms with van der Waals surface area (Å²) in [5.41, 5.74) is -0.263. The summed E-state index contributed by atoms with van der Waals surface area (Å²) < 4.78 is 0. The van der Waals surface area contributed by atoms with Crippen molar-refractivity contribution in [2.45, 2.75) is 19.8 Å². The molecule has 1 amide bonds. The molecule has 0 fully saturated rings. The van der Waals surface area contributed by atoms with Crippen LogP contribution in [0.1, 0.15) is 25.3 Å². The zero-order valence-corrected chi connectivity index (χ0v) is 10.8. The third kappa shape index (κ3) is 3.53. The van der Waals surface area contributed by atoms with Crippen LogP contribution < -0.4 is 5.32 Å². The molecule has 1 aromatic carbocycles. The maximum Gasteiger partial charge on any atom is 0.294 e. The Balaban J connectivity index is 3.04. The number of rotatable bonds is 5. The lowest BCUT2D eigenvalue weighted by molar-refractivity contribution is -0.384. The van der Waals surface area contributed by atoms with Crippen molar-refractivity contribution >= 4 is 17.3 Å². The van der Waals surface area contributed by atoms with Crippen LogP contribution in [0.3, 0.4) is 0 Å². The van der Waals surface area contributed by atoms with Crippen molar-refractivity contribution in [2.24, 2.45) is 5.92 Å². The predicted octanol–water partition coefficient (Wildman–Crippen LogP) is 2.34. The quantitative estimate of drug-likeness (QED) is 0.651. The van der Waals surface area contributed by atoms with Gasteiger partial charge in [0.05, 0.1) is 22.6 Å². The summed E-state index contributed by atoms with van der Waals surface area (Å²) in [6.07, 6.45) is 1.04. The van der Waals surface area contributed by atoms with Crippen LogP contribution in [0.4, 0.5) is 11.4 Å². The molecule has 7 heteroatoms. The third-order valence-electron chi connectivity index (χ3n) is 2.63. The molecule has 0 aliphatic rings. The smallest absolute Gasteiger partial charge is 0.294 e. The van der Waals surface area contributed by atoms with E-state index in [2.05, 4.69) is 5.32 Å². The molecule has 1 rings (SSSR count). The Morgan fingerprint density at radius 2 is 2.20 bits per heavy atom. The van der Waals surface area contributed by atoms with E-state index in [4.69, 9.17) is 10.5 Å². The minimum atomic E-state index is -0.852. The molecule has 0 radical (unpaired) electrons. The number of nitrogens with one attached hydrogen (secondary N) is 1. The van der Waals surface area contributed by atoms with Crippen LogP contribution in [0.25, 0.3) is 0 Å². The van der Waals surface area contributed by atoms with E-state index in [1.807, 2.05) is 13.0 Å². The van der Waals surface area contributed by atoms with Gasteiger partial charge >= 0.3 is 0 Å². The van der Waals surface area contributed by atoms with Crippen LogP contribution in [0, 0.1) is 38.7 Å². The predicted molar refractivity (Wildman–Crippen MR) is 70.5 cm³/mol. The topological polar surface area (TPSA) is 120 Å². The van der Waals surface area contributed by atoms with Crippen molar-refractivity contribution in [2.75, 3.05) is 5.32 Å². The van der Waals surface area contributed by atoms with E-state index in [9.17, 15) is 14.9 Å². The summed E-state index contributed by atoms with van der Waals surface area (Å²) in [7, 11) is 0. The SMILES string of the molecule is CCCC(C#N)C(=O)Nc1ccc(C#N)cc1[N+](=O)[O-]. The van der Waals surface area contributed by atoms with Crippen molar-refractivity contribution in [1.29, 1.82) is 10.5 Å². The maximum absolute atomic E-state index is 11.8. The Hall–Kier alpha value is -2.93. The summed E-state index contributed by atoms with van der Waals surface area (Å²) in [5.74, 6) is -1.43. The van der Waals surface area contributed by atoms with Crippen LogP contribution in [0.2, 0.25) is 0 Å². The summed E-state index contributed by atoms with van der Waals surface area (Å²) in [6, 6.07) is 7.38. The molecule has 20 heavy (non-hydrogen) atoms. The highest BCUT2D eigenvalue weighted by molar-refractivity contribution is 5.96. The number of carbonyl (C=O) groups excluding carboxylic acids is 1. The van der Waals surface area contributed by atoms with E-state index in [0.717, 1.165) is 6.07 Å². The first-order valence-corrected chi connectivity index (χ1v) is 5.92. The first-order chi connectivity index (χ1) is 9.53. The molecule has 7 nitrogen and oxygen atoms in total. The Morgan fingerprint density at radius 3 is 2.70 bits per heavy atom. The van der Waals surface area contributed by atoms with Crippen LogP contribution in [0.15, 0.2) is 18.2 Å². The highest BCUT2D eigenvalue weighted by Crippen LogP contribution is 2.26. The molecule has 0 spiro atoms. The van der Waals surface area contributed by atoms with Crippen LogP contribution in [0.5, 0.6) is 0 Å². The van der Waals surface area contributed by atoms with Crippen molar-refractivity contribution in [3.8, 4) is 12.1 Å². The number of anilines is 1. The highest BCUT2D eigenvalue weighted by atomic mass is 16.6. The number of nitriles is 2. The standard InChI is InChI=1S/C13H12N4O3/c1-2-3-10(8-15)13(18)16-11-5-4-9(7-14)6-12(11)17(19)20/h4-6,10H,2-3H2,1H3,(H,16,18). The Morgan fingerprint density at radius 1 is 1.50 bits per heavy atom. The number of benzene rings is 1. The Bertz CT molecular complexity index is 613. The lowest BCUT2D eigenvalue weighted by Crippen LogP contribution is -2.22. The molecule has 0 aromatic heterocycles. The average Bonchev–Trinajstić information content (AvgIpc) is 2.44. The van der Waals surface area contributed by atoms with Gasteiger partial charge < -0.3 is 5.32 Å². The second-order valence-electron chi connectivity index (χ2n) is 4.06. The molecule has 0 saturated carbocycles. The first-order valence-electron chi connectivity index (χ1n) is 5.92. The molecular formula is C13H12N4O3. The molecule has 1 N–H and O–H groups in total. The number of nitro benzene ring substituents is 1. The van der Waals surface area contributed by atoms with Crippen molar-refractivity contribution in [3.05, 3.63) is 33.9 Å². The van der Waals surface area contributed by atoms with E-state index >= 15 is 0 Å². The molecule has 1 aromatic rings. The van der Waals surface area contributed by atoms with Gasteiger partial charge in [0.1, 0.15) is 11.6 Å². The van der Waals surface area contributed by atoms with Gasteiger partial charge in [-0.2, -0.15) is 10.5 Å². The third-order valence-corrected chi connectivity index (χ3v) is 2.63. The van der Waals surface area contributed by atoms with Gasteiger partial charge in [0.15, 0.2) is 0 Å². The number of carbonyl (C=O) groups is 1. The normalized spacial score (nSPS) is 10.9. The molecular weight excluding hydrogens is 260 g/mol. The zero-order valence-electron chi connectivity index (χ0n) is 10.8. The minimum Gasteiger partial charge on any atom is -0.319 e. The Kier molecular flexibility index (Phi) is 5.19. The van der Waals surface area contributed by atoms with E-state index in [1.165, 1.54) is 12.1 Å². The van der Waals surface area contributed by atoms with E-state index < -0.39 is 16.7 Å². The fourth-order valence-electron chi connectivity index (χ4n) is 1.62. The zero-order chi connectivity index (χ0) is 15.1. The lowest BCUT2D eigenvalue weighted by atomic mass is 10.0. The van der Waals surface area contributed by atoms with Crippen LogP contribution in [-0.4, -0.2) is 10.8 Å². The average molecular weight is 272 g/mol. The number of hydrogen-bond acceptors (Lipinski definition) is 5. The van der Waals surface area contributed by atoms with Crippen molar-refractivity contribution < 1.29 is 9.72 Å². The van der Waals surface area contributed by atoms with Gasteiger partial charge in [-0.05, 0) is 18.6 Å². The monoisotopic (exact) mass is 272 g/mol. The van der Waals surface area contributed by atoms with E-state index in [1.54, 1.807) is 6.07 Å². The number of amides is 1. The van der Waals surface area contributed by atoms with Gasteiger partial charge in [0.2, 0.25) is 5.91 Å². The number of hydrogen-bond donors (Lipinski definition) is 1. The summed E-state index contributed by atoms with van der Waals surface area (Å²) in [5, 5.41) is 30.9. The summed E-state index contributed by atoms with van der Waals surface area (Å²) in [4.78, 5) is 22.1. The molecule has 0 aliphatic heterocycles. The van der Waals surface area contributed by atoms with Gasteiger partial charge in [0.25, 0.3) is 5.69 Å². The first kappa shape index (κ1) is 15.1. The van der Waals surface area contributed by atoms with Gasteiger partial charge in [0, 0.05) is 6.07 Å². The van der Waals surface area contributed by atoms with Crippen molar-refractivity contribution in [3.63, 3.8) is 0 Å². The second-order valence-corrected chi connectivity index (χ2v) is 4.06. The number of nitrogens with zero attached hydrogens (tertiary/aromatic N) is 3. The molecule has 1 unspecified atom stereocenters. The van der Waals surface area contributed by atoms with E-state index in [0.29, 0.717) is 12.8 Å². The number of nitro groups is 1. The lowest BCUT2D eigenvalue weighted by Gasteiger charge is -2.09. The second kappa shape index (κ2) is 6.86. The fraction of sp³-hybridized carbons (Fsp3) is 0.308. The fourth-order valence-corrected chi connectivity index (χ4v) is 1.62. The molecule has 0 heterocycles. The summed E-state index contributed by atoms with van der Waals surface area (Å²) >= 11 is 0. The van der Waals surface area contributed by atoms with Crippen LogP contribution >= 0.6 is 0 Å². The van der Waals surface area contributed by atoms with Gasteiger partial charge in [-0.1, -0.05) is 13.3 Å². The maximum atomic E-state index is 11.8. The van der Waals surface area contributed by atoms with Gasteiger partial charge in [-0.3, -0.25) is 14.9 Å². The van der Waals surface area contributed by atoms with Crippen molar-refractivity contribution in [1.82, 2.24) is 0 Å². The minimum absolute atomic E-state index is 0.0182. The summed E-state index contributed by atoms with van der Waals surface area (Å²) in [6.45, 7) is 1.84. The van der Waals surface area contributed by atoms with E-state index in [-0.39, 0.29) is 16.9 Å². The van der Waals surface area contributed by atoms with Gasteiger partial charge in [-0.15, -0.1) is 0 Å². The van der Waals surface area contributed by atoms with Crippen LogP contribution in [-0.2, 0) is 4.79 Å². The molecule has 0 saturated heterocycles. The Labute approximate surface area is 115 Å². The molecule has 1 atom stereocenters. The largest absolute Gasteiger partial charge is 0.319 e. The molecule has 0 bridgehead atoms. The highest BCUT2D eigenvalue weighted by Gasteiger charge is 2.21.